The van der Waals surface area contributed by atoms with Gasteiger partial charge in [-0.25, -0.2) is 26.7 Å². The van der Waals surface area contributed by atoms with Crippen molar-refractivity contribution in [3.8, 4) is 0 Å². The van der Waals surface area contributed by atoms with E-state index in [1.807, 2.05) is 0 Å². The Morgan fingerprint density at radius 3 is 2.08 bits per heavy atom. The van der Waals surface area contributed by atoms with Crippen LogP contribution in [0.15, 0.2) is 12.1 Å². The summed E-state index contributed by atoms with van der Waals surface area (Å²) in [6.45, 7) is 0.497. The third-order valence-electron chi connectivity index (χ3n) is 4.56. The summed E-state index contributed by atoms with van der Waals surface area (Å²) in [5, 5.41) is 2.35. The zero-order valence-electron chi connectivity index (χ0n) is 13.3. The summed E-state index contributed by atoms with van der Waals surface area (Å²) < 4.78 is 66.5. The van der Waals surface area contributed by atoms with Crippen LogP contribution >= 0.6 is 0 Å². The lowest BCUT2D eigenvalue weighted by atomic mass is 10.2. The molecule has 138 valence electrons. The number of carbonyl (C=O) groups excluding carboxylic acids is 1. The highest BCUT2D eigenvalue weighted by atomic mass is 19.3. The number of anilines is 1. The molecule has 1 aliphatic heterocycles. The third-order valence-corrected chi connectivity index (χ3v) is 4.56. The molecule has 1 N–H and O–H groups in total. The molecule has 4 nitrogen and oxygen atoms in total. The predicted molar refractivity (Wildman–Crippen MR) is 81.1 cm³/mol. The van der Waals surface area contributed by atoms with E-state index >= 15 is 0 Å². The zero-order valence-corrected chi connectivity index (χ0v) is 13.3. The molecular weight excluding hydrogens is 345 g/mol. The lowest BCUT2D eigenvalue weighted by molar-refractivity contribution is 0.0866. The molecular formula is C16H18F5N3O. The van der Waals surface area contributed by atoms with Gasteiger partial charge in [-0.15, -0.1) is 0 Å². The molecule has 2 fully saturated rings. The van der Waals surface area contributed by atoms with E-state index in [0.29, 0.717) is 25.0 Å². The van der Waals surface area contributed by atoms with Gasteiger partial charge in [-0.2, -0.15) is 0 Å². The van der Waals surface area contributed by atoms with E-state index in [1.54, 1.807) is 0 Å². The molecule has 1 atom stereocenters. The molecule has 1 saturated heterocycles. The summed E-state index contributed by atoms with van der Waals surface area (Å²) in [6.07, 6.45) is -1.28. The van der Waals surface area contributed by atoms with Crippen LogP contribution in [0.4, 0.5) is 32.4 Å². The summed E-state index contributed by atoms with van der Waals surface area (Å²) in [5.74, 6) is -3.22. The van der Waals surface area contributed by atoms with Crippen LogP contribution in [0.5, 0.6) is 0 Å². The fourth-order valence-corrected chi connectivity index (χ4v) is 3.05. The number of rotatable bonds is 4. The first-order valence-corrected chi connectivity index (χ1v) is 8.10. The first kappa shape index (κ1) is 17.8. The Morgan fingerprint density at radius 1 is 1.04 bits per heavy atom. The summed E-state index contributed by atoms with van der Waals surface area (Å²) >= 11 is 0. The minimum absolute atomic E-state index is 0.121. The van der Waals surface area contributed by atoms with Crippen LogP contribution in [-0.2, 0) is 0 Å². The minimum Gasteiger partial charge on any atom is -0.363 e. The summed E-state index contributed by atoms with van der Waals surface area (Å²) in [6, 6.07) is -0.560. The van der Waals surface area contributed by atoms with Crippen LogP contribution in [-0.4, -0.2) is 49.6 Å². The lowest BCUT2D eigenvalue weighted by Gasteiger charge is -2.37. The average molecular weight is 363 g/mol. The molecule has 1 aliphatic carbocycles. The van der Waals surface area contributed by atoms with Crippen molar-refractivity contribution in [2.75, 3.05) is 31.1 Å². The van der Waals surface area contributed by atoms with Crippen molar-refractivity contribution >= 4 is 11.7 Å². The normalized spacial score (nSPS) is 19.3. The highest BCUT2D eigenvalue weighted by molar-refractivity contribution is 5.75. The molecule has 1 saturated carbocycles. The molecule has 1 heterocycles. The Labute approximate surface area is 141 Å². The number of urea groups is 1. The Bertz CT molecular complexity index is 620. The molecule has 2 aliphatic rings. The van der Waals surface area contributed by atoms with Gasteiger partial charge in [0, 0.05) is 38.3 Å². The first-order valence-electron chi connectivity index (χ1n) is 8.10. The Hall–Kier alpha value is -2.06. The van der Waals surface area contributed by atoms with Crippen molar-refractivity contribution in [3.05, 3.63) is 29.6 Å². The summed E-state index contributed by atoms with van der Waals surface area (Å²) in [4.78, 5) is 14.8. The van der Waals surface area contributed by atoms with Crippen molar-refractivity contribution in [3.63, 3.8) is 0 Å². The molecule has 2 amide bonds. The van der Waals surface area contributed by atoms with Crippen LogP contribution in [0.3, 0.4) is 0 Å². The summed E-state index contributed by atoms with van der Waals surface area (Å²) in [5.41, 5.74) is -0.343. The van der Waals surface area contributed by atoms with Crippen LogP contribution < -0.4 is 10.2 Å². The number of piperazine rings is 1. The molecule has 0 bridgehead atoms. The standard InChI is InChI=1S/C16H18F5N3O/c17-10-7-11(18)14(12(19)8-10)23-3-5-24(6-4-23)16(25)22-13(15(20)21)9-1-2-9/h7-9,13,15H,1-6H2,(H,22,25). The maximum atomic E-state index is 13.8. The van der Waals surface area contributed by atoms with Gasteiger partial charge in [-0.1, -0.05) is 0 Å². The fourth-order valence-electron chi connectivity index (χ4n) is 3.05. The van der Waals surface area contributed by atoms with E-state index in [0.717, 1.165) is 0 Å². The second kappa shape index (κ2) is 7.05. The number of hydrogen-bond acceptors (Lipinski definition) is 2. The summed E-state index contributed by atoms with van der Waals surface area (Å²) in [7, 11) is 0. The number of benzene rings is 1. The third kappa shape index (κ3) is 3.96. The quantitative estimate of drug-likeness (QED) is 0.835. The SMILES string of the molecule is O=C(NC(C(F)F)C1CC1)N1CCN(c2c(F)cc(F)cc2F)CC1. The molecule has 0 radical (unpaired) electrons. The number of alkyl halides is 2. The van der Waals surface area contributed by atoms with Crippen molar-refractivity contribution < 1.29 is 26.7 Å². The number of carbonyl (C=O) groups is 1. The number of halogens is 5. The minimum atomic E-state index is -2.62. The predicted octanol–water partition coefficient (Wildman–Crippen LogP) is 2.98. The monoisotopic (exact) mass is 363 g/mol. The second-order valence-electron chi connectivity index (χ2n) is 6.34. The van der Waals surface area contributed by atoms with Crippen molar-refractivity contribution in [1.29, 1.82) is 0 Å². The molecule has 0 spiro atoms. The lowest BCUT2D eigenvalue weighted by Crippen LogP contribution is -2.55. The van der Waals surface area contributed by atoms with E-state index < -0.39 is 36.0 Å². The topological polar surface area (TPSA) is 35.6 Å². The van der Waals surface area contributed by atoms with Crippen LogP contribution in [0.2, 0.25) is 0 Å². The molecule has 1 aromatic rings. The van der Waals surface area contributed by atoms with Gasteiger partial charge in [-0.3, -0.25) is 0 Å². The fraction of sp³-hybridized carbons (Fsp3) is 0.562. The van der Waals surface area contributed by atoms with Gasteiger partial charge in [0.1, 0.15) is 11.5 Å². The van der Waals surface area contributed by atoms with Crippen molar-refractivity contribution in [1.82, 2.24) is 10.2 Å². The van der Waals surface area contributed by atoms with Crippen LogP contribution in [0, 0.1) is 23.4 Å². The maximum absolute atomic E-state index is 13.8. The van der Waals surface area contributed by atoms with E-state index in [-0.39, 0.29) is 37.8 Å². The number of nitrogens with zero attached hydrogens (tertiary/aromatic N) is 2. The largest absolute Gasteiger partial charge is 0.363 e. The van der Waals surface area contributed by atoms with Gasteiger partial charge in [-0.05, 0) is 18.8 Å². The second-order valence-corrected chi connectivity index (χ2v) is 6.34. The van der Waals surface area contributed by atoms with Gasteiger partial charge in [0.25, 0.3) is 6.43 Å². The number of hydrogen-bond donors (Lipinski definition) is 1. The Morgan fingerprint density at radius 2 is 1.60 bits per heavy atom. The van der Waals surface area contributed by atoms with E-state index in [1.165, 1.54) is 9.80 Å². The van der Waals surface area contributed by atoms with Crippen molar-refractivity contribution in [2.45, 2.75) is 25.3 Å². The van der Waals surface area contributed by atoms with Gasteiger partial charge < -0.3 is 15.1 Å². The highest BCUT2D eigenvalue weighted by Gasteiger charge is 2.39. The van der Waals surface area contributed by atoms with Crippen LogP contribution in [0.1, 0.15) is 12.8 Å². The van der Waals surface area contributed by atoms with Gasteiger partial charge in [0.05, 0.1) is 6.04 Å². The number of nitrogens with one attached hydrogen (secondary N) is 1. The van der Waals surface area contributed by atoms with E-state index in [4.69, 9.17) is 0 Å². The number of amides is 2. The van der Waals surface area contributed by atoms with Gasteiger partial charge >= 0.3 is 6.03 Å². The molecule has 0 aromatic heterocycles. The molecule has 1 aromatic carbocycles. The first-order chi connectivity index (χ1) is 11.9. The van der Waals surface area contributed by atoms with E-state index in [2.05, 4.69) is 5.32 Å². The molecule has 3 rings (SSSR count). The molecule has 1 unspecified atom stereocenters. The smallest absolute Gasteiger partial charge is 0.317 e. The zero-order chi connectivity index (χ0) is 18.1. The molecule has 25 heavy (non-hydrogen) atoms. The van der Waals surface area contributed by atoms with Gasteiger partial charge in [0.15, 0.2) is 11.6 Å². The highest BCUT2D eigenvalue weighted by Crippen LogP contribution is 2.35. The van der Waals surface area contributed by atoms with Crippen molar-refractivity contribution in [2.24, 2.45) is 5.92 Å². The molecule has 9 heteroatoms. The van der Waals surface area contributed by atoms with Crippen LogP contribution in [0.25, 0.3) is 0 Å². The average Bonchev–Trinajstić information content (AvgIpc) is 3.36. The van der Waals surface area contributed by atoms with Gasteiger partial charge in [0.2, 0.25) is 0 Å². The van der Waals surface area contributed by atoms with E-state index in [9.17, 15) is 26.7 Å². The Kier molecular flexibility index (Phi) is 5.01. The maximum Gasteiger partial charge on any atom is 0.317 e. The Balaban J connectivity index is 1.59.